The molecule has 0 aliphatic heterocycles. The summed E-state index contributed by atoms with van der Waals surface area (Å²) in [7, 11) is 3.96. The van der Waals surface area contributed by atoms with Crippen molar-refractivity contribution in [3.8, 4) is 0 Å². The molecule has 0 saturated carbocycles. The molecule has 0 N–H and O–H groups in total. The topological polar surface area (TPSA) is 0 Å². The van der Waals surface area contributed by atoms with Crippen LogP contribution in [0, 0.1) is 0 Å². The molecule has 0 bridgehead atoms. The Kier molecular flexibility index (Phi) is 69.9. The maximum atomic E-state index is 3.96. The van der Waals surface area contributed by atoms with Crippen molar-refractivity contribution < 1.29 is 55.3 Å². The standard InChI is InChI=1S/2Hg.SSe/c;;1-2. The van der Waals surface area contributed by atoms with Crippen molar-refractivity contribution in [2.75, 3.05) is 0 Å². The largest absolute Gasteiger partial charge is 0 e. The minimum Gasteiger partial charge on any atom is 0 e. The summed E-state index contributed by atoms with van der Waals surface area (Å²) in [4.78, 5) is 0. The van der Waals surface area contributed by atoms with Crippen LogP contribution < -0.4 is 0 Å². The van der Waals surface area contributed by atoms with E-state index in [1.807, 2.05) is 0 Å². The summed E-state index contributed by atoms with van der Waals surface area (Å²) < 4.78 is 0. The molecule has 0 aliphatic rings. The fourth-order valence-electron chi connectivity index (χ4n) is 0. The Morgan fingerprint density at radius 3 is 1.00 bits per heavy atom. The Morgan fingerprint density at radius 1 is 1.00 bits per heavy atom. The maximum Gasteiger partial charge on any atom is 0 e. The minimum atomic E-state index is 0. The van der Waals surface area contributed by atoms with Gasteiger partial charge in [-0.25, -0.2) is 0 Å². The van der Waals surface area contributed by atoms with Crippen molar-refractivity contribution in [3.05, 3.63) is 0 Å². The molecule has 0 rings (SSSR count). The summed E-state index contributed by atoms with van der Waals surface area (Å²) in [6.45, 7) is 0. The molecule has 0 aromatic heterocycles. The second kappa shape index (κ2) is 17.5. The fourth-order valence-corrected chi connectivity index (χ4v) is 0. The number of hydrogen-bond donors (Lipinski definition) is 0. The van der Waals surface area contributed by atoms with E-state index in [0.29, 0.717) is 0 Å². The molecule has 0 amide bonds. The summed E-state index contributed by atoms with van der Waals surface area (Å²) in [5, 5.41) is 0. The first-order valence-electron chi connectivity index (χ1n) is 0.167. The van der Waals surface area contributed by atoms with Crippen LogP contribution in [0.1, 0.15) is 0 Å². The molecule has 0 saturated heterocycles. The molecular formula is Hg2SSe. The molecule has 0 atom stereocenters. The fraction of sp³-hybridized carbons (Fsp3) is 0. The van der Waals surface area contributed by atoms with Gasteiger partial charge in [-0.05, 0) is 0 Å². The zero-order valence-corrected chi connectivity index (χ0v) is 15.8. The Bertz CT molecular complexity index is 6.00. The summed E-state index contributed by atoms with van der Waals surface area (Å²) in [5.74, 6) is 0. The molecule has 0 unspecified atom stereocenters. The molecular weight excluding hydrogens is 512 g/mol. The van der Waals surface area contributed by atoms with E-state index in [9.17, 15) is 0 Å². The molecule has 0 aliphatic carbocycles. The molecule has 0 aromatic carbocycles. The van der Waals surface area contributed by atoms with Gasteiger partial charge in [-0.15, -0.1) is 0 Å². The normalized spacial score (nSPS) is 1.00. The second-order valence-corrected chi connectivity index (χ2v) is 0. The van der Waals surface area contributed by atoms with E-state index < -0.39 is 0 Å². The molecule has 0 radical (unpaired) electrons. The van der Waals surface area contributed by atoms with E-state index in [0.717, 1.165) is 0 Å². The molecule has 0 spiro atoms. The summed E-state index contributed by atoms with van der Waals surface area (Å²) in [6.07, 6.45) is 0. The summed E-state index contributed by atoms with van der Waals surface area (Å²) >= 11 is 2.21. The van der Waals surface area contributed by atoms with E-state index >= 15 is 0 Å². The smallest absolute Gasteiger partial charge is 0 e. The van der Waals surface area contributed by atoms with E-state index in [4.69, 9.17) is 0 Å². The number of rotatable bonds is 0. The second-order valence-electron chi connectivity index (χ2n) is 0. The molecule has 0 nitrogen and oxygen atoms in total. The van der Waals surface area contributed by atoms with E-state index in [1.54, 1.807) is 0 Å². The first kappa shape index (κ1) is 16.0. The van der Waals surface area contributed by atoms with Gasteiger partial charge < -0.3 is 0 Å². The van der Waals surface area contributed by atoms with E-state index in [-0.39, 0.29) is 55.3 Å². The van der Waals surface area contributed by atoms with Crippen LogP contribution in [0.4, 0.5) is 0 Å². The van der Waals surface area contributed by atoms with Crippen LogP contribution in [0.3, 0.4) is 0 Å². The van der Waals surface area contributed by atoms with Gasteiger partial charge in [0.05, 0.1) is 0 Å². The van der Waals surface area contributed by atoms with Gasteiger partial charge in [0.25, 0.3) is 0 Å². The van der Waals surface area contributed by atoms with E-state index in [1.165, 1.54) is 0 Å². The van der Waals surface area contributed by atoms with Crippen LogP contribution in [0.2, 0.25) is 0 Å². The van der Waals surface area contributed by atoms with Crippen LogP contribution in [0.25, 0.3) is 0 Å². The third kappa shape index (κ3) is 8.82. The SMILES string of the molecule is S=[Se].[Hg].[Hg]. The molecule has 16 valence electrons. The van der Waals surface area contributed by atoms with E-state index in [2.05, 4.69) is 24.9 Å². The van der Waals surface area contributed by atoms with Crippen molar-refractivity contribution >= 4 is 24.9 Å². The predicted octanol–water partition coefficient (Wildman–Crippen LogP) is 0.262. The van der Waals surface area contributed by atoms with Crippen LogP contribution >= 0.6 is 10.6 Å². The first-order chi connectivity index (χ1) is 1.00. The van der Waals surface area contributed by atoms with Crippen LogP contribution in [0.15, 0.2) is 0 Å². The third-order valence-electron chi connectivity index (χ3n) is 0. The first-order valence-corrected chi connectivity index (χ1v) is 2.60. The average Bonchev–Trinajstić information content (AvgIpc) is 1.00. The summed E-state index contributed by atoms with van der Waals surface area (Å²) in [6, 6.07) is 0. The van der Waals surface area contributed by atoms with Crippen LogP contribution in [-0.2, 0) is 55.3 Å². The van der Waals surface area contributed by atoms with Crippen molar-refractivity contribution in [2.45, 2.75) is 0 Å². The predicted molar refractivity (Wildman–Crippen MR) is 13.3 cm³/mol. The Hall–Kier alpha value is 2.61. The van der Waals surface area contributed by atoms with Gasteiger partial charge in [0.15, 0.2) is 0 Å². The van der Waals surface area contributed by atoms with Gasteiger partial charge in [-0.1, -0.05) is 0 Å². The van der Waals surface area contributed by atoms with Gasteiger partial charge in [0.1, 0.15) is 0 Å². The number of hydrogen-bond acceptors (Lipinski definition) is 1. The zero-order valence-electron chi connectivity index (χ0n) is 2.23. The molecule has 4 heavy (non-hydrogen) atoms. The van der Waals surface area contributed by atoms with Crippen LogP contribution in [0.5, 0.6) is 0 Å². The van der Waals surface area contributed by atoms with Crippen molar-refractivity contribution in [1.29, 1.82) is 0 Å². The molecule has 0 heterocycles. The average molecular weight is 512 g/mol. The molecule has 0 aromatic rings. The molecule has 4 heteroatoms. The van der Waals surface area contributed by atoms with Gasteiger partial charge in [0.2, 0.25) is 0 Å². The van der Waals surface area contributed by atoms with Gasteiger partial charge in [-0.3, -0.25) is 0 Å². The minimum absolute atomic E-state index is 0. The zero-order chi connectivity index (χ0) is 2.00. The summed E-state index contributed by atoms with van der Waals surface area (Å²) in [5.41, 5.74) is 0. The van der Waals surface area contributed by atoms with Crippen molar-refractivity contribution in [1.82, 2.24) is 0 Å². The Labute approximate surface area is 78.8 Å². The maximum absolute atomic E-state index is 3.96. The quantitative estimate of drug-likeness (QED) is 0.421. The van der Waals surface area contributed by atoms with Crippen molar-refractivity contribution in [3.63, 3.8) is 0 Å². The Morgan fingerprint density at radius 2 is 1.00 bits per heavy atom. The third-order valence-corrected chi connectivity index (χ3v) is 0. The van der Waals surface area contributed by atoms with Crippen LogP contribution in [-0.4, -0.2) is 14.4 Å². The monoisotopic (exact) mass is 516 g/mol. The van der Waals surface area contributed by atoms with Gasteiger partial charge in [0, 0.05) is 55.3 Å². The van der Waals surface area contributed by atoms with Crippen molar-refractivity contribution in [2.24, 2.45) is 0 Å². The van der Waals surface area contributed by atoms with Gasteiger partial charge in [-0.2, -0.15) is 0 Å². The van der Waals surface area contributed by atoms with Gasteiger partial charge >= 0.3 is 24.9 Å². The Balaban J connectivity index is -0.00000000500. The molecule has 0 fully saturated rings.